The van der Waals surface area contributed by atoms with Gasteiger partial charge in [0.15, 0.2) is 5.90 Å². The quantitative estimate of drug-likeness (QED) is 0.255. The number of aryl methyl sites for hydroxylation is 1. The maximum absolute atomic E-state index is 11.8. The fourth-order valence-electron chi connectivity index (χ4n) is 1.63. The van der Waals surface area contributed by atoms with E-state index in [1.54, 1.807) is 12.1 Å². The maximum atomic E-state index is 11.8. The van der Waals surface area contributed by atoms with Crippen LogP contribution in [-0.2, 0) is 11.3 Å². The summed E-state index contributed by atoms with van der Waals surface area (Å²) in [6.07, 6.45) is 0.512. The van der Waals surface area contributed by atoms with E-state index in [2.05, 4.69) is 0 Å². The Morgan fingerprint density at radius 3 is 2.60 bits per heavy atom. The highest BCUT2D eigenvalue weighted by Crippen LogP contribution is 2.23. The number of anilines is 1. The molecular formula is C13H21N5O2. The minimum absolute atomic E-state index is 0.184. The molecule has 0 bridgehead atoms. The number of benzene rings is 1. The minimum atomic E-state index is -0.539. The van der Waals surface area contributed by atoms with Crippen LogP contribution >= 0.6 is 0 Å². The van der Waals surface area contributed by atoms with Crippen molar-refractivity contribution in [2.45, 2.75) is 26.9 Å². The fourth-order valence-corrected chi connectivity index (χ4v) is 1.63. The van der Waals surface area contributed by atoms with E-state index >= 15 is 0 Å². The number of hydrogen-bond donors (Lipinski definition) is 3. The van der Waals surface area contributed by atoms with E-state index in [-0.39, 0.29) is 12.5 Å². The summed E-state index contributed by atoms with van der Waals surface area (Å²) < 4.78 is 5.33. The molecule has 0 aromatic heterocycles. The highest BCUT2D eigenvalue weighted by molar-refractivity contribution is 5.91. The Labute approximate surface area is 118 Å². The number of carbonyl (C=O) groups excluding carboxylic acids is 1. The van der Waals surface area contributed by atoms with E-state index in [0.29, 0.717) is 12.1 Å². The third kappa shape index (κ3) is 3.69. The normalized spacial score (nSPS) is 10.1. The zero-order valence-corrected chi connectivity index (χ0v) is 12.0. The first-order valence-electron chi connectivity index (χ1n) is 6.24. The second-order valence-electron chi connectivity index (χ2n) is 4.40. The molecule has 20 heavy (non-hydrogen) atoms. The number of hydrogen-bond acceptors (Lipinski definition) is 5. The standard InChI is InChI=1S/C13H21N5O2/c1-4-12(14)20-8-10-9(2)6-5-7-11(10)18(16)13(19)17(3)15/h5-7,14H,4,8,15-16H2,1-3H3. The molecule has 0 aliphatic carbocycles. The Bertz CT molecular complexity index is 502. The summed E-state index contributed by atoms with van der Waals surface area (Å²) in [7, 11) is 1.42. The predicted molar refractivity (Wildman–Crippen MR) is 78.0 cm³/mol. The minimum Gasteiger partial charge on any atom is -0.476 e. The summed E-state index contributed by atoms with van der Waals surface area (Å²) in [5.41, 5.74) is 2.19. The van der Waals surface area contributed by atoms with Crippen molar-refractivity contribution in [2.75, 3.05) is 12.1 Å². The van der Waals surface area contributed by atoms with Gasteiger partial charge in [0.05, 0.1) is 5.69 Å². The Hall–Kier alpha value is -2.12. The first kappa shape index (κ1) is 15.9. The number of nitrogens with one attached hydrogen (secondary N) is 1. The number of rotatable bonds is 4. The van der Waals surface area contributed by atoms with E-state index < -0.39 is 6.03 Å². The van der Waals surface area contributed by atoms with Gasteiger partial charge in [-0.05, 0) is 18.6 Å². The molecule has 0 spiro atoms. The molecular weight excluding hydrogens is 258 g/mol. The van der Waals surface area contributed by atoms with Crippen molar-refractivity contribution in [3.8, 4) is 0 Å². The maximum Gasteiger partial charge on any atom is 0.352 e. The van der Waals surface area contributed by atoms with Gasteiger partial charge in [0.1, 0.15) is 6.61 Å². The van der Waals surface area contributed by atoms with Crippen LogP contribution in [0.15, 0.2) is 18.2 Å². The average Bonchev–Trinajstić information content (AvgIpc) is 2.43. The smallest absolute Gasteiger partial charge is 0.352 e. The number of urea groups is 1. The molecule has 0 saturated heterocycles. The summed E-state index contributed by atoms with van der Waals surface area (Å²) >= 11 is 0. The third-order valence-corrected chi connectivity index (χ3v) is 2.86. The largest absolute Gasteiger partial charge is 0.476 e. The Kier molecular flexibility index (Phi) is 5.48. The van der Waals surface area contributed by atoms with Gasteiger partial charge in [-0.2, -0.15) is 0 Å². The summed E-state index contributed by atoms with van der Waals surface area (Å²) in [5.74, 6) is 11.4. The number of nitrogens with zero attached hydrogens (tertiary/aromatic N) is 2. The molecule has 0 saturated carbocycles. The van der Waals surface area contributed by atoms with Crippen LogP contribution in [-0.4, -0.2) is 24.0 Å². The molecule has 0 fully saturated rings. The van der Waals surface area contributed by atoms with E-state index in [0.717, 1.165) is 21.1 Å². The molecule has 5 N–H and O–H groups in total. The zero-order valence-electron chi connectivity index (χ0n) is 12.0. The molecule has 1 aromatic carbocycles. The first-order valence-corrected chi connectivity index (χ1v) is 6.24. The van der Waals surface area contributed by atoms with Crippen LogP contribution in [0.2, 0.25) is 0 Å². The molecule has 1 aromatic rings. The topological polar surface area (TPSA) is 109 Å². The van der Waals surface area contributed by atoms with Gasteiger partial charge >= 0.3 is 6.03 Å². The lowest BCUT2D eigenvalue weighted by Crippen LogP contribution is -2.49. The van der Waals surface area contributed by atoms with Crippen LogP contribution < -0.4 is 16.7 Å². The number of nitrogens with two attached hydrogens (primary N) is 2. The van der Waals surface area contributed by atoms with Crippen LogP contribution in [0.5, 0.6) is 0 Å². The lowest BCUT2D eigenvalue weighted by Gasteiger charge is -2.24. The summed E-state index contributed by atoms with van der Waals surface area (Å²) in [6, 6.07) is 4.86. The second kappa shape index (κ2) is 6.88. The molecule has 0 atom stereocenters. The first-order chi connectivity index (χ1) is 9.38. The van der Waals surface area contributed by atoms with Crippen LogP contribution in [0, 0.1) is 12.3 Å². The van der Waals surface area contributed by atoms with Gasteiger partial charge < -0.3 is 4.74 Å². The van der Waals surface area contributed by atoms with E-state index in [9.17, 15) is 4.79 Å². The van der Waals surface area contributed by atoms with E-state index in [1.165, 1.54) is 7.05 Å². The van der Waals surface area contributed by atoms with Crippen molar-refractivity contribution in [1.29, 1.82) is 5.41 Å². The van der Waals surface area contributed by atoms with Crippen LogP contribution in [0.4, 0.5) is 10.5 Å². The van der Waals surface area contributed by atoms with Gasteiger partial charge in [0.2, 0.25) is 0 Å². The SMILES string of the molecule is CCC(=N)OCc1c(C)cccc1N(N)C(=O)N(C)N. The van der Waals surface area contributed by atoms with Gasteiger partial charge in [0.25, 0.3) is 0 Å². The number of hydrazine groups is 2. The van der Waals surface area contributed by atoms with Crippen molar-refractivity contribution in [1.82, 2.24) is 5.01 Å². The average molecular weight is 279 g/mol. The number of amides is 2. The van der Waals surface area contributed by atoms with Crippen molar-refractivity contribution in [3.05, 3.63) is 29.3 Å². The van der Waals surface area contributed by atoms with E-state index in [1.807, 2.05) is 19.9 Å². The highest BCUT2D eigenvalue weighted by atomic mass is 16.5. The Morgan fingerprint density at radius 2 is 2.05 bits per heavy atom. The van der Waals surface area contributed by atoms with Crippen molar-refractivity contribution in [3.63, 3.8) is 0 Å². The lowest BCUT2D eigenvalue weighted by molar-refractivity contribution is 0.216. The Morgan fingerprint density at radius 1 is 1.40 bits per heavy atom. The fraction of sp³-hybridized carbons (Fsp3) is 0.385. The van der Waals surface area contributed by atoms with Crippen LogP contribution in [0.1, 0.15) is 24.5 Å². The molecule has 0 aliphatic rings. The highest BCUT2D eigenvalue weighted by Gasteiger charge is 2.18. The van der Waals surface area contributed by atoms with E-state index in [4.69, 9.17) is 21.8 Å². The zero-order chi connectivity index (χ0) is 15.3. The molecule has 1 rings (SSSR count). The molecule has 0 radical (unpaired) electrons. The van der Waals surface area contributed by atoms with Gasteiger partial charge in [-0.3, -0.25) is 10.4 Å². The van der Waals surface area contributed by atoms with Crippen LogP contribution in [0.25, 0.3) is 0 Å². The molecule has 0 aliphatic heterocycles. The van der Waals surface area contributed by atoms with Gasteiger partial charge in [-0.15, -0.1) is 0 Å². The lowest BCUT2D eigenvalue weighted by atomic mass is 10.1. The molecule has 7 heteroatoms. The summed E-state index contributed by atoms with van der Waals surface area (Å²) in [6.45, 7) is 3.91. The van der Waals surface area contributed by atoms with Crippen molar-refractivity contribution in [2.24, 2.45) is 11.7 Å². The molecule has 7 nitrogen and oxygen atoms in total. The molecule has 2 amide bonds. The molecule has 0 heterocycles. The Balaban J connectivity index is 3.04. The monoisotopic (exact) mass is 279 g/mol. The number of ether oxygens (including phenoxy) is 1. The number of carbonyl (C=O) groups is 1. The van der Waals surface area contributed by atoms with Gasteiger partial charge in [-0.25, -0.2) is 21.5 Å². The van der Waals surface area contributed by atoms with Crippen molar-refractivity contribution < 1.29 is 9.53 Å². The van der Waals surface area contributed by atoms with Gasteiger partial charge in [-0.1, -0.05) is 19.1 Å². The van der Waals surface area contributed by atoms with Gasteiger partial charge in [0, 0.05) is 19.0 Å². The summed E-state index contributed by atoms with van der Waals surface area (Å²) in [4.78, 5) is 11.8. The summed E-state index contributed by atoms with van der Waals surface area (Å²) in [5, 5.41) is 9.40. The second-order valence-corrected chi connectivity index (χ2v) is 4.40. The van der Waals surface area contributed by atoms with Crippen molar-refractivity contribution >= 4 is 17.6 Å². The molecule has 0 unspecified atom stereocenters. The third-order valence-electron chi connectivity index (χ3n) is 2.86. The molecule has 110 valence electrons. The van der Waals surface area contributed by atoms with Crippen LogP contribution in [0.3, 0.4) is 0 Å². The predicted octanol–water partition coefficient (Wildman–Crippen LogP) is 1.50.